The Hall–Kier alpha value is -3.08. The number of carbonyl (C=O) groups excluding carboxylic acids is 1. The van der Waals surface area contributed by atoms with Crippen LogP contribution < -0.4 is 10.6 Å². The number of nitrogens with one attached hydrogen (secondary N) is 2. The monoisotopic (exact) mass is 418 g/mol. The molecule has 5 nitrogen and oxygen atoms in total. The first-order valence-corrected chi connectivity index (χ1v) is 11.2. The molecule has 0 bridgehead atoms. The fourth-order valence-electron chi connectivity index (χ4n) is 4.00. The number of piperidine rings is 1. The highest BCUT2D eigenvalue weighted by Gasteiger charge is 2.20. The third-order valence-electron chi connectivity index (χ3n) is 5.93. The van der Waals surface area contributed by atoms with Gasteiger partial charge in [-0.15, -0.1) is 0 Å². The van der Waals surface area contributed by atoms with Crippen molar-refractivity contribution in [3.05, 3.63) is 72.6 Å². The van der Waals surface area contributed by atoms with E-state index in [9.17, 15) is 4.79 Å². The molecule has 0 radical (unpaired) electrons. The van der Waals surface area contributed by atoms with Crippen molar-refractivity contribution in [3.63, 3.8) is 0 Å². The molecule has 1 fully saturated rings. The van der Waals surface area contributed by atoms with E-state index in [2.05, 4.69) is 51.4 Å². The van der Waals surface area contributed by atoms with Crippen LogP contribution in [0.15, 0.2) is 61.4 Å². The van der Waals surface area contributed by atoms with E-state index in [1.54, 1.807) is 24.5 Å². The molecule has 31 heavy (non-hydrogen) atoms. The van der Waals surface area contributed by atoms with Gasteiger partial charge >= 0.3 is 0 Å². The normalized spacial score (nSPS) is 14.5. The average Bonchev–Trinajstić information content (AvgIpc) is 2.83. The van der Waals surface area contributed by atoms with Gasteiger partial charge in [0.2, 0.25) is 5.91 Å². The molecule has 1 amide bonds. The molecule has 1 aromatic heterocycles. The highest BCUT2D eigenvalue weighted by Crippen LogP contribution is 2.28. The molecule has 2 N–H and O–H groups in total. The molecule has 0 unspecified atom stereocenters. The van der Waals surface area contributed by atoms with Gasteiger partial charge in [-0.05, 0) is 60.6 Å². The van der Waals surface area contributed by atoms with Gasteiger partial charge in [0.15, 0.2) is 0 Å². The maximum atomic E-state index is 11.9. The third-order valence-corrected chi connectivity index (χ3v) is 5.93. The molecule has 1 aliphatic heterocycles. The lowest BCUT2D eigenvalue weighted by atomic mass is 9.91. The molecule has 1 saturated heterocycles. The van der Waals surface area contributed by atoms with Crippen LogP contribution in [0.1, 0.15) is 43.2 Å². The predicted octanol–water partition coefficient (Wildman–Crippen LogP) is 4.81. The van der Waals surface area contributed by atoms with Gasteiger partial charge in [-0.3, -0.25) is 9.78 Å². The lowest BCUT2D eigenvalue weighted by Gasteiger charge is -2.35. The van der Waals surface area contributed by atoms with Crippen molar-refractivity contribution < 1.29 is 4.79 Å². The minimum Gasteiger partial charge on any atom is -0.388 e. The number of unbranched alkanes of at least 4 members (excludes halogenated alkanes) is 1. The molecule has 164 valence electrons. The van der Waals surface area contributed by atoms with Crippen molar-refractivity contribution in [2.24, 2.45) is 5.92 Å². The van der Waals surface area contributed by atoms with Crippen molar-refractivity contribution >= 4 is 23.4 Å². The van der Waals surface area contributed by atoms with E-state index >= 15 is 0 Å². The van der Waals surface area contributed by atoms with Gasteiger partial charge < -0.3 is 15.5 Å². The Bertz CT molecular complexity index is 870. The summed E-state index contributed by atoms with van der Waals surface area (Å²) in [6.45, 7) is 7.21. The van der Waals surface area contributed by atoms with Gasteiger partial charge in [0.05, 0.1) is 0 Å². The maximum absolute atomic E-state index is 11.9. The lowest BCUT2D eigenvalue weighted by Crippen LogP contribution is -2.32. The molecule has 3 rings (SSSR count). The standard InChI is InChI=1S/C26H34N4O/c1-21(24-9-5-10-25(19-24)27-2)30-17-13-22(14-18-30)7-3-4-16-29-26(31)12-11-23-8-6-15-28-20-23/h5-6,8-12,15,19-20,22,27H,1,3-4,7,13-14,16-18H2,2H3,(H,29,31)/b12-11+. The van der Waals surface area contributed by atoms with Gasteiger partial charge in [0.1, 0.15) is 0 Å². The van der Waals surface area contributed by atoms with Crippen molar-refractivity contribution in [3.8, 4) is 0 Å². The summed E-state index contributed by atoms with van der Waals surface area (Å²) in [5.41, 5.74) is 4.37. The number of carbonyl (C=O) groups is 1. The molecule has 0 saturated carbocycles. The summed E-state index contributed by atoms with van der Waals surface area (Å²) in [6, 6.07) is 12.2. The second kappa shape index (κ2) is 11.9. The van der Waals surface area contributed by atoms with Crippen molar-refractivity contribution in [2.45, 2.75) is 32.1 Å². The zero-order valence-electron chi connectivity index (χ0n) is 18.5. The van der Waals surface area contributed by atoms with E-state index in [1.165, 1.54) is 24.8 Å². The summed E-state index contributed by atoms with van der Waals surface area (Å²) in [5.74, 6) is 0.729. The molecule has 0 aliphatic carbocycles. The number of hydrogen-bond acceptors (Lipinski definition) is 4. The van der Waals surface area contributed by atoms with E-state index in [1.807, 2.05) is 19.2 Å². The van der Waals surface area contributed by atoms with E-state index in [-0.39, 0.29) is 5.91 Å². The van der Waals surface area contributed by atoms with Crippen LogP contribution in [-0.2, 0) is 4.79 Å². The van der Waals surface area contributed by atoms with Gasteiger partial charge in [0.25, 0.3) is 0 Å². The number of aromatic nitrogens is 1. The van der Waals surface area contributed by atoms with Gasteiger partial charge in [0, 0.05) is 56.5 Å². The number of nitrogens with zero attached hydrogens (tertiary/aromatic N) is 2. The Morgan fingerprint density at radius 2 is 2.06 bits per heavy atom. The highest BCUT2D eigenvalue weighted by molar-refractivity contribution is 5.91. The second-order valence-corrected chi connectivity index (χ2v) is 8.11. The van der Waals surface area contributed by atoms with Gasteiger partial charge in [-0.1, -0.05) is 37.6 Å². The number of amides is 1. The van der Waals surface area contributed by atoms with Gasteiger partial charge in [-0.25, -0.2) is 0 Å². The predicted molar refractivity (Wildman–Crippen MR) is 129 cm³/mol. The van der Waals surface area contributed by atoms with E-state index in [4.69, 9.17) is 0 Å². The fraction of sp³-hybridized carbons (Fsp3) is 0.385. The Balaban J connectivity index is 1.29. The van der Waals surface area contributed by atoms with Crippen LogP contribution in [0.5, 0.6) is 0 Å². The fourth-order valence-corrected chi connectivity index (χ4v) is 4.00. The summed E-state index contributed by atoms with van der Waals surface area (Å²) < 4.78 is 0. The van der Waals surface area contributed by atoms with Crippen LogP contribution in [0, 0.1) is 5.92 Å². The molecule has 2 heterocycles. The number of anilines is 1. The zero-order valence-corrected chi connectivity index (χ0v) is 18.5. The molecular weight excluding hydrogens is 384 g/mol. The SMILES string of the molecule is C=C(c1cccc(NC)c1)N1CCC(CCCCNC(=O)/C=C/c2cccnc2)CC1. The molecule has 0 atom stereocenters. The molecular formula is C26H34N4O. The van der Waals surface area contributed by atoms with Crippen LogP contribution in [0.3, 0.4) is 0 Å². The van der Waals surface area contributed by atoms with Crippen molar-refractivity contribution in [1.29, 1.82) is 0 Å². The third kappa shape index (κ3) is 7.28. The van der Waals surface area contributed by atoms with Crippen LogP contribution in [0.25, 0.3) is 11.8 Å². The molecule has 1 aromatic carbocycles. The number of likely N-dealkylation sites (tertiary alicyclic amines) is 1. The van der Waals surface area contributed by atoms with Crippen LogP contribution in [0.2, 0.25) is 0 Å². The summed E-state index contributed by atoms with van der Waals surface area (Å²) in [7, 11) is 1.94. The van der Waals surface area contributed by atoms with E-state index in [0.29, 0.717) is 0 Å². The first-order valence-electron chi connectivity index (χ1n) is 11.2. The topological polar surface area (TPSA) is 57.3 Å². The van der Waals surface area contributed by atoms with Crippen LogP contribution in [0.4, 0.5) is 5.69 Å². The van der Waals surface area contributed by atoms with E-state index < -0.39 is 0 Å². The summed E-state index contributed by atoms with van der Waals surface area (Å²) in [4.78, 5) is 18.4. The van der Waals surface area contributed by atoms with Crippen molar-refractivity contribution in [2.75, 3.05) is 32.0 Å². The molecule has 5 heteroatoms. The average molecular weight is 419 g/mol. The largest absolute Gasteiger partial charge is 0.388 e. The molecule has 2 aromatic rings. The van der Waals surface area contributed by atoms with Gasteiger partial charge in [-0.2, -0.15) is 0 Å². The number of rotatable bonds is 10. The molecule has 0 spiro atoms. The lowest BCUT2D eigenvalue weighted by molar-refractivity contribution is -0.116. The minimum absolute atomic E-state index is 0.0435. The van der Waals surface area contributed by atoms with Crippen molar-refractivity contribution in [1.82, 2.24) is 15.2 Å². The maximum Gasteiger partial charge on any atom is 0.243 e. The van der Waals surface area contributed by atoms with Crippen LogP contribution >= 0.6 is 0 Å². The Kier molecular flexibility index (Phi) is 8.71. The second-order valence-electron chi connectivity index (χ2n) is 8.11. The zero-order chi connectivity index (χ0) is 21.9. The Labute approximate surface area is 186 Å². The Morgan fingerprint density at radius 1 is 1.23 bits per heavy atom. The molecule has 1 aliphatic rings. The number of hydrogen-bond donors (Lipinski definition) is 2. The van der Waals surface area contributed by atoms with E-state index in [0.717, 1.165) is 55.3 Å². The summed E-state index contributed by atoms with van der Waals surface area (Å²) in [6.07, 6.45) is 12.7. The number of pyridine rings is 1. The minimum atomic E-state index is -0.0435. The smallest absolute Gasteiger partial charge is 0.243 e. The number of benzene rings is 1. The first-order chi connectivity index (χ1) is 15.2. The first kappa shape index (κ1) is 22.6. The summed E-state index contributed by atoms with van der Waals surface area (Å²) >= 11 is 0. The quantitative estimate of drug-likeness (QED) is 0.430. The highest BCUT2D eigenvalue weighted by atomic mass is 16.1. The Morgan fingerprint density at radius 3 is 2.81 bits per heavy atom. The van der Waals surface area contributed by atoms with Crippen LogP contribution in [-0.4, -0.2) is 42.5 Å². The summed E-state index contributed by atoms with van der Waals surface area (Å²) in [5, 5.41) is 6.16.